The molecule has 1 aromatic carbocycles. The molecule has 0 saturated carbocycles. The lowest BCUT2D eigenvalue weighted by molar-refractivity contribution is -0.127. The van der Waals surface area contributed by atoms with E-state index < -0.39 is 0 Å². The van der Waals surface area contributed by atoms with Crippen molar-refractivity contribution in [3.8, 4) is 5.75 Å². The molecule has 1 heterocycles. The number of nitrogens with zero attached hydrogens (tertiary/aromatic N) is 3. The molecular formula is C23H39N5O4. The molecule has 1 fully saturated rings. The van der Waals surface area contributed by atoms with Gasteiger partial charge in [0.25, 0.3) is 0 Å². The van der Waals surface area contributed by atoms with Crippen LogP contribution in [0.25, 0.3) is 0 Å². The number of rotatable bonds is 12. The molecule has 0 radical (unpaired) electrons. The van der Waals surface area contributed by atoms with Crippen LogP contribution in [0, 0.1) is 0 Å². The second-order valence-corrected chi connectivity index (χ2v) is 7.75. The van der Waals surface area contributed by atoms with Gasteiger partial charge >= 0.3 is 0 Å². The summed E-state index contributed by atoms with van der Waals surface area (Å²) in [5.41, 5.74) is 1.19. The van der Waals surface area contributed by atoms with Crippen molar-refractivity contribution in [3.05, 3.63) is 29.8 Å². The van der Waals surface area contributed by atoms with E-state index in [-0.39, 0.29) is 18.5 Å². The maximum Gasteiger partial charge on any atom is 0.243 e. The highest BCUT2D eigenvalue weighted by molar-refractivity contribution is 5.84. The summed E-state index contributed by atoms with van der Waals surface area (Å²) in [5.74, 6) is 1.42. The van der Waals surface area contributed by atoms with Gasteiger partial charge in [-0.15, -0.1) is 0 Å². The third-order valence-electron chi connectivity index (χ3n) is 5.28. The van der Waals surface area contributed by atoms with Crippen molar-refractivity contribution in [2.24, 2.45) is 4.99 Å². The van der Waals surface area contributed by atoms with Gasteiger partial charge in [0.2, 0.25) is 5.91 Å². The van der Waals surface area contributed by atoms with Crippen LogP contribution < -0.4 is 15.4 Å². The van der Waals surface area contributed by atoms with Gasteiger partial charge in [-0.1, -0.05) is 12.1 Å². The molecule has 2 rings (SSSR count). The van der Waals surface area contributed by atoms with E-state index in [1.807, 2.05) is 19.1 Å². The van der Waals surface area contributed by atoms with Gasteiger partial charge in [0, 0.05) is 53.5 Å². The Morgan fingerprint density at radius 2 is 1.94 bits per heavy atom. The monoisotopic (exact) mass is 449 g/mol. The van der Waals surface area contributed by atoms with Crippen LogP contribution in [0.15, 0.2) is 29.3 Å². The van der Waals surface area contributed by atoms with Crippen LogP contribution in [0.4, 0.5) is 0 Å². The molecule has 2 N–H and O–H groups in total. The van der Waals surface area contributed by atoms with Crippen LogP contribution in [0.3, 0.4) is 0 Å². The van der Waals surface area contributed by atoms with E-state index in [0.29, 0.717) is 32.3 Å². The van der Waals surface area contributed by atoms with Crippen LogP contribution in [-0.2, 0) is 14.3 Å². The SMILES string of the molecule is CCOCCCNC(=NCC(=O)N(C)C)NCC(c1ccc(OC)cc1)N1CCOCC1. The van der Waals surface area contributed by atoms with E-state index in [9.17, 15) is 4.79 Å². The maximum atomic E-state index is 12.0. The van der Waals surface area contributed by atoms with Crippen LogP contribution in [0.5, 0.6) is 5.75 Å². The Balaban J connectivity index is 2.07. The Morgan fingerprint density at radius 3 is 2.56 bits per heavy atom. The third-order valence-corrected chi connectivity index (χ3v) is 5.28. The second kappa shape index (κ2) is 14.7. The smallest absolute Gasteiger partial charge is 0.243 e. The van der Waals surface area contributed by atoms with Gasteiger partial charge < -0.3 is 29.7 Å². The Hall–Kier alpha value is -2.36. The number of guanidine groups is 1. The standard InChI is InChI=1S/C23H39N5O4/c1-5-31-14-6-11-24-23(26-18-22(29)27(2)3)25-17-21(28-12-15-32-16-13-28)19-7-9-20(30-4)10-8-19/h7-10,21H,5-6,11-18H2,1-4H3,(H2,24,25,26). The normalized spacial score (nSPS) is 15.8. The number of likely N-dealkylation sites (N-methyl/N-ethyl adjacent to an activating group) is 1. The van der Waals surface area contributed by atoms with Crippen molar-refractivity contribution in [1.29, 1.82) is 0 Å². The fourth-order valence-electron chi connectivity index (χ4n) is 3.35. The summed E-state index contributed by atoms with van der Waals surface area (Å²) < 4.78 is 16.3. The molecule has 1 aliphatic heterocycles. The van der Waals surface area contributed by atoms with E-state index in [4.69, 9.17) is 14.2 Å². The fourth-order valence-corrected chi connectivity index (χ4v) is 3.35. The number of carbonyl (C=O) groups is 1. The van der Waals surface area contributed by atoms with E-state index in [1.165, 1.54) is 5.56 Å². The van der Waals surface area contributed by atoms with Gasteiger partial charge in [0.05, 0.1) is 26.4 Å². The third kappa shape index (κ3) is 9.02. The first-order chi connectivity index (χ1) is 15.5. The molecule has 0 bridgehead atoms. The first-order valence-corrected chi connectivity index (χ1v) is 11.3. The van der Waals surface area contributed by atoms with Crippen molar-refractivity contribution >= 4 is 11.9 Å². The molecular weight excluding hydrogens is 410 g/mol. The molecule has 1 amide bonds. The summed E-state index contributed by atoms with van der Waals surface area (Å²) in [6.07, 6.45) is 0.863. The Labute approximate surface area is 192 Å². The van der Waals surface area contributed by atoms with Crippen LogP contribution in [0.1, 0.15) is 24.9 Å². The van der Waals surface area contributed by atoms with Gasteiger partial charge in [0.15, 0.2) is 5.96 Å². The van der Waals surface area contributed by atoms with Crippen molar-refractivity contribution < 1.29 is 19.0 Å². The molecule has 9 nitrogen and oxygen atoms in total. The van der Waals surface area contributed by atoms with E-state index >= 15 is 0 Å². The summed E-state index contributed by atoms with van der Waals surface area (Å²) in [7, 11) is 5.14. The zero-order valence-electron chi connectivity index (χ0n) is 19.9. The molecule has 180 valence electrons. The van der Waals surface area contributed by atoms with Gasteiger partial charge in [-0.2, -0.15) is 0 Å². The molecule has 1 aliphatic rings. The van der Waals surface area contributed by atoms with E-state index in [0.717, 1.165) is 38.5 Å². The van der Waals surface area contributed by atoms with Crippen LogP contribution >= 0.6 is 0 Å². The number of carbonyl (C=O) groups excluding carboxylic acids is 1. The molecule has 32 heavy (non-hydrogen) atoms. The number of ether oxygens (including phenoxy) is 3. The largest absolute Gasteiger partial charge is 0.497 e. The molecule has 1 unspecified atom stereocenters. The molecule has 9 heteroatoms. The van der Waals surface area contributed by atoms with Gasteiger partial charge in [0.1, 0.15) is 12.3 Å². The summed E-state index contributed by atoms with van der Waals surface area (Å²) in [5, 5.41) is 6.77. The van der Waals surface area contributed by atoms with E-state index in [1.54, 1.807) is 26.1 Å². The number of amides is 1. The number of morpholine rings is 1. The summed E-state index contributed by atoms with van der Waals surface area (Å²) >= 11 is 0. The minimum atomic E-state index is -0.0414. The van der Waals surface area contributed by atoms with E-state index in [2.05, 4.69) is 32.7 Å². The lowest BCUT2D eigenvalue weighted by Gasteiger charge is -2.35. The van der Waals surface area contributed by atoms with Crippen LogP contribution in [0.2, 0.25) is 0 Å². The lowest BCUT2D eigenvalue weighted by atomic mass is 10.0. The molecule has 0 aromatic heterocycles. The predicted octanol–water partition coefficient (Wildman–Crippen LogP) is 1.12. The number of hydrogen-bond acceptors (Lipinski definition) is 6. The number of aliphatic imine (C=N–C) groups is 1. The molecule has 0 aliphatic carbocycles. The van der Waals surface area contributed by atoms with Crippen molar-refractivity contribution in [2.75, 3.05) is 80.4 Å². The average Bonchev–Trinajstić information content (AvgIpc) is 2.82. The molecule has 1 atom stereocenters. The minimum absolute atomic E-state index is 0.0414. The number of methoxy groups -OCH3 is 1. The fraction of sp³-hybridized carbons (Fsp3) is 0.652. The van der Waals surface area contributed by atoms with Crippen molar-refractivity contribution in [3.63, 3.8) is 0 Å². The van der Waals surface area contributed by atoms with Crippen LogP contribution in [-0.4, -0.2) is 102 Å². The first-order valence-electron chi connectivity index (χ1n) is 11.3. The first kappa shape index (κ1) is 25.9. The zero-order chi connectivity index (χ0) is 23.2. The molecule has 1 saturated heterocycles. The topological polar surface area (TPSA) is 87.7 Å². The van der Waals surface area contributed by atoms with Crippen molar-refractivity contribution in [1.82, 2.24) is 20.4 Å². The average molecular weight is 450 g/mol. The molecule has 0 spiro atoms. The predicted molar refractivity (Wildman–Crippen MR) is 126 cm³/mol. The second-order valence-electron chi connectivity index (χ2n) is 7.75. The summed E-state index contributed by atoms with van der Waals surface area (Å²) in [6.45, 7) is 8.03. The quantitative estimate of drug-likeness (QED) is 0.281. The van der Waals surface area contributed by atoms with Gasteiger partial charge in [-0.3, -0.25) is 9.69 Å². The maximum absolute atomic E-state index is 12.0. The highest BCUT2D eigenvalue weighted by atomic mass is 16.5. The highest BCUT2D eigenvalue weighted by Gasteiger charge is 2.23. The Morgan fingerprint density at radius 1 is 1.22 bits per heavy atom. The summed E-state index contributed by atoms with van der Waals surface area (Å²) in [4.78, 5) is 20.5. The van der Waals surface area contributed by atoms with Gasteiger partial charge in [-0.05, 0) is 31.0 Å². The zero-order valence-corrected chi connectivity index (χ0v) is 19.9. The highest BCUT2D eigenvalue weighted by Crippen LogP contribution is 2.23. The number of hydrogen-bond donors (Lipinski definition) is 2. The Kier molecular flexibility index (Phi) is 11.9. The number of nitrogens with one attached hydrogen (secondary N) is 2. The van der Waals surface area contributed by atoms with Gasteiger partial charge in [-0.25, -0.2) is 4.99 Å². The minimum Gasteiger partial charge on any atom is -0.497 e. The number of benzene rings is 1. The Bertz CT molecular complexity index is 690. The lowest BCUT2D eigenvalue weighted by Crippen LogP contribution is -2.46. The molecule has 1 aromatic rings. The van der Waals surface area contributed by atoms with Crippen molar-refractivity contribution in [2.45, 2.75) is 19.4 Å². The summed E-state index contributed by atoms with van der Waals surface area (Å²) in [6, 6.07) is 8.31.